The lowest BCUT2D eigenvalue weighted by molar-refractivity contribution is 0.108. The van der Waals surface area contributed by atoms with Gasteiger partial charge in [-0.1, -0.05) is 6.92 Å². The fourth-order valence-electron chi connectivity index (χ4n) is 1.75. The molecule has 4 heteroatoms. The summed E-state index contributed by atoms with van der Waals surface area (Å²) >= 11 is 2.00. The van der Waals surface area contributed by atoms with E-state index < -0.39 is 0 Å². The Bertz CT molecular complexity index is 180. The standard InChI is InChI=1S/C10H22N2OS/c1-8(13-3)5-12-10(6-11)4-9(2)14-7-10/h8-9,12H,4-7,11H2,1-3H3. The topological polar surface area (TPSA) is 47.3 Å². The molecular weight excluding hydrogens is 196 g/mol. The Kier molecular flexibility index (Phi) is 4.70. The first-order valence-corrected chi connectivity index (χ1v) is 6.26. The molecule has 0 aromatic carbocycles. The molecule has 0 amide bonds. The maximum absolute atomic E-state index is 5.84. The van der Waals surface area contributed by atoms with E-state index in [0.717, 1.165) is 24.1 Å². The normalized spacial score (nSPS) is 34.7. The van der Waals surface area contributed by atoms with Gasteiger partial charge in [-0.15, -0.1) is 0 Å². The van der Waals surface area contributed by atoms with Crippen molar-refractivity contribution in [2.75, 3.05) is 26.0 Å². The van der Waals surface area contributed by atoms with Crippen molar-refractivity contribution in [1.29, 1.82) is 0 Å². The Balaban J connectivity index is 2.38. The van der Waals surface area contributed by atoms with Gasteiger partial charge in [0.05, 0.1) is 6.10 Å². The maximum atomic E-state index is 5.84. The number of methoxy groups -OCH3 is 1. The molecule has 14 heavy (non-hydrogen) atoms. The molecule has 1 saturated heterocycles. The molecule has 1 aliphatic heterocycles. The first-order valence-electron chi connectivity index (χ1n) is 5.21. The van der Waals surface area contributed by atoms with Crippen LogP contribution in [-0.4, -0.2) is 42.8 Å². The van der Waals surface area contributed by atoms with Crippen molar-refractivity contribution >= 4 is 11.8 Å². The lowest BCUT2D eigenvalue weighted by Gasteiger charge is -2.29. The summed E-state index contributed by atoms with van der Waals surface area (Å²) in [6, 6.07) is 0. The zero-order chi connectivity index (χ0) is 10.6. The summed E-state index contributed by atoms with van der Waals surface area (Å²) < 4.78 is 5.22. The largest absolute Gasteiger partial charge is 0.380 e. The number of hydrogen-bond donors (Lipinski definition) is 2. The molecule has 84 valence electrons. The van der Waals surface area contributed by atoms with E-state index in [1.54, 1.807) is 7.11 Å². The van der Waals surface area contributed by atoms with Crippen molar-refractivity contribution < 1.29 is 4.74 Å². The van der Waals surface area contributed by atoms with Gasteiger partial charge < -0.3 is 15.8 Å². The third-order valence-corrected chi connectivity index (χ3v) is 4.33. The molecule has 0 spiro atoms. The molecule has 1 heterocycles. The second kappa shape index (κ2) is 5.35. The van der Waals surface area contributed by atoms with Gasteiger partial charge in [0, 0.05) is 36.7 Å². The van der Waals surface area contributed by atoms with Gasteiger partial charge in [-0.25, -0.2) is 0 Å². The monoisotopic (exact) mass is 218 g/mol. The molecule has 0 aromatic heterocycles. The Hall–Kier alpha value is 0.230. The number of ether oxygens (including phenoxy) is 1. The summed E-state index contributed by atoms with van der Waals surface area (Å²) in [6.07, 6.45) is 1.43. The molecule has 3 nitrogen and oxygen atoms in total. The highest BCUT2D eigenvalue weighted by atomic mass is 32.2. The van der Waals surface area contributed by atoms with Gasteiger partial charge in [-0.3, -0.25) is 0 Å². The highest BCUT2D eigenvalue weighted by molar-refractivity contribution is 8.00. The van der Waals surface area contributed by atoms with Gasteiger partial charge in [0.2, 0.25) is 0 Å². The van der Waals surface area contributed by atoms with Crippen LogP contribution < -0.4 is 11.1 Å². The van der Waals surface area contributed by atoms with Crippen molar-refractivity contribution in [3.8, 4) is 0 Å². The Labute approximate surface area is 91.1 Å². The van der Waals surface area contributed by atoms with Crippen LogP contribution in [0.5, 0.6) is 0 Å². The molecule has 3 unspecified atom stereocenters. The molecule has 0 radical (unpaired) electrons. The number of nitrogens with one attached hydrogen (secondary N) is 1. The molecule has 3 N–H and O–H groups in total. The minimum Gasteiger partial charge on any atom is -0.380 e. The lowest BCUT2D eigenvalue weighted by atomic mass is 9.96. The fourth-order valence-corrected chi connectivity index (χ4v) is 3.13. The quantitative estimate of drug-likeness (QED) is 0.718. The first-order chi connectivity index (χ1) is 6.62. The predicted molar refractivity (Wildman–Crippen MR) is 62.8 cm³/mol. The predicted octanol–water partition coefficient (Wildman–Crippen LogP) is 0.834. The highest BCUT2D eigenvalue weighted by Crippen LogP contribution is 2.33. The van der Waals surface area contributed by atoms with Crippen LogP contribution in [0.4, 0.5) is 0 Å². The van der Waals surface area contributed by atoms with E-state index >= 15 is 0 Å². The lowest BCUT2D eigenvalue weighted by Crippen LogP contribution is -2.53. The van der Waals surface area contributed by atoms with Crippen LogP contribution in [0.1, 0.15) is 20.3 Å². The highest BCUT2D eigenvalue weighted by Gasteiger charge is 2.36. The van der Waals surface area contributed by atoms with Gasteiger partial charge in [0.1, 0.15) is 0 Å². The van der Waals surface area contributed by atoms with E-state index in [1.807, 2.05) is 11.8 Å². The van der Waals surface area contributed by atoms with E-state index in [2.05, 4.69) is 19.2 Å². The second-order valence-electron chi connectivity index (χ2n) is 4.24. The van der Waals surface area contributed by atoms with Gasteiger partial charge in [-0.2, -0.15) is 11.8 Å². The number of hydrogen-bond acceptors (Lipinski definition) is 4. The van der Waals surface area contributed by atoms with Crippen LogP contribution in [-0.2, 0) is 4.74 Å². The van der Waals surface area contributed by atoms with Crippen LogP contribution >= 0.6 is 11.8 Å². The van der Waals surface area contributed by atoms with E-state index in [0.29, 0.717) is 0 Å². The van der Waals surface area contributed by atoms with Gasteiger partial charge >= 0.3 is 0 Å². The molecule has 1 fully saturated rings. The van der Waals surface area contributed by atoms with E-state index in [-0.39, 0.29) is 11.6 Å². The van der Waals surface area contributed by atoms with E-state index in [1.165, 1.54) is 6.42 Å². The molecule has 0 bridgehead atoms. The molecule has 3 atom stereocenters. The zero-order valence-electron chi connectivity index (χ0n) is 9.38. The van der Waals surface area contributed by atoms with Crippen molar-refractivity contribution in [3.05, 3.63) is 0 Å². The van der Waals surface area contributed by atoms with E-state index in [4.69, 9.17) is 10.5 Å². The average Bonchev–Trinajstić information content (AvgIpc) is 2.57. The Morgan fingerprint density at radius 1 is 1.71 bits per heavy atom. The third kappa shape index (κ3) is 3.12. The van der Waals surface area contributed by atoms with Gasteiger partial charge in [-0.05, 0) is 13.3 Å². The molecule has 1 aliphatic rings. The Morgan fingerprint density at radius 3 is 2.86 bits per heavy atom. The fraction of sp³-hybridized carbons (Fsp3) is 1.00. The summed E-state index contributed by atoms with van der Waals surface area (Å²) in [6.45, 7) is 5.95. The van der Waals surface area contributed by atoms with Crippen molar-refractivity contribution in [2.24, 2.45) is 5.73 Å². The smallest absolute Gasteiger partial charge is 0.0667 e. The average molecular weight is 218 g/mol. The van der Waals surface area contributed by atoms with Crippen molar-refractivity contribution in [3.63, 3.8) is 0 Å². The molecule has 0 saturated carbocycles. The molecular formula is C10H22N2OS. The number of rotatable bonds is 5. The third-order valence-electron chi connectivity index (χ3n) is 2.88. The molecule has 0 aromatic rings. The van der Waals surface area contributed by atoms with Crippen molar-refractivity contribution in [2.45, 2.75) is 37.2 Å². The summed E-state index contributed by atoms with van der Waals surface area (Å²) in [5.41, 5.74) is 5.99. The number of nitrogens with two attached hydrogens (primary N) is 1. The maximum Gasteiger partial charge on any atom is 0.0667 e. The summed E-state index contributed by atoms with van der Waals surface area (Å²) in [7, 11) is 1.74. The van der Waals surface area contributed by atoms with Crippen LogP contribution in [0, 0.1) is 0 Å². The van der Waals surface area contributed by atoms with Crippen molar-refractivity contribution in [1.82, 2.24) is 5.32 Å². The minimum atomic E-state index is 0.150. The Morgan fingerprint density at radius 2 is 2.43 bits per heavy atom. The second-order valence-corrected chi connectivity index (χ2v) is 5.66. The van der Waals surface area contributed by atoms with Crippen LogP contribution in [0.3, 0.4) is 0 Å². The summed E-state index contributed by atoms with van der Waals surface area (Å²) in [4.78, 5) is 0. The number of thioether (sulfide) groups is 1. The van der Waals surface area contributed by atoms with Gasteiger partial charge in [0.15, 0.2) is 0 Å². The van der Waals surface area contributed by atoms with Gasteiger partial charge in [0.25, 0.3) is 0 Å². The SMILES string of the molecule is COC(C)CNC1(CN)CSC(C)C1. The minimum absolute atomic E-state index is 0.150. The van der Waals surface area contributed by atoms with Crippen LogP contribution in [0.15, 0.2) is 0 Å². The van der Waals surface area contributed by atoms with Crippen LogP contribution in [0.25, 0.3) is 0 Å². The first kappa shape index (κ1) is 12.3. The van der Waals surface area contributed by atoms with E-state index in [9.17, 15) is 0 Å². The molecule has 0 aliphatic carbocycles. The molecule has 1 rings (SSSR count). The van der Waals surface area contributed by atoms with Crippen LogP contribution in [0.2, 0.25) is 0 Å². The zero-order valence-corrected chi connectivity index (χ0v) is 10.2. The summed E-state index contributed by atoms with van der Waals surface area (Å²) in [5.74, 6) is 1.13. The summed E-state index contributed by atoms with van der Waals surface area (Å²) in [5, 5.41) is 4.28.